The summed E-state index contributed by atoms with van der Waals surface area (Å²) in [6.07, 6.45) is 4.02. The molecule has 0 saturated heterocycles. The zero-order chi connectivity index (χ0) is 24.2. The Bertz CT molecular complexity index is 1160. The normalized spacial score (nSPS) is 17.7. The van der Waals surface area contributed by atoms with Gasteiger partial charge in [0.05, 0.1) is 17.7 Å². The Balaban J connectivity index is 1.38. The number of ether oxygens (including phenoxy) is 2. The molecule has 178 valence electrons. The second-order valence-electron chi connectivity index (χ2n) is 8.71. The highest BCUT2D eigenvalue weighted by Gasteiger charge is 2.31. The summed E-state index contributed by atoms with van der Waals surface area (Å²) in [5.41, 5.74) is 2.75. The largest absolute Gasteiger partial charge is 0.478 e. The minimum Gasteiger partial charge on any atom is -0.478 e. The van der Waals surface area contributed by atoms with E-state index in [0.29, 0.717) is 22.8 Å². The van der Waals surface area contributed by atoms with Crippen molar-refractivity contribution in [2.75, 3.05) is 17.2 Å². The number of esters is 1. The van der Waals surface area contributed by atoms with Crippen LogP contribution in [0.1, 0.15) is 61.4 Å². The van der Waals surface area contributed by atoms with Crippen LogP contribution in [0.2, 0.25) is 0 Å². The first kappa shape index (κ1) is 23.4. The van der Waals surface area contributed by atoms with E-state index < -0.39 is 30.5 Å². The molecule has 0 radical (unpaired) electrons. The van der Waals surface area contributed by atoms with Crippen LogP contribution in [-0.4, -0.2) is 35.1 Å². The number of nitrogens with one attached hydrogen (secondary N) is 2. The molecule has 2 N–H and O–H groups in total. The minimum atomic E-state index is -1.04. The predicted octanol–water partition coefficient (Wildman–Crippen LogP) is 3.75. The fourth-order valence-electron chi connectivity index (χ4n) is 4.63. The van der Waals surface area contributed by atoms with Gasteiger partial charge in [0.25, 0.3) is 11.8 Å². The van der Waals surface area contributed by atoms with E-state index in [1.54, 1.807) is 24.3 Å². The maximum absolute atomic E-state index is 12.6. The number of carbonyl (C=O) groups is 3. The number of carbonyl (C=O) groups excluding carboxylic acids is 3. The molecule has 1 atom stereocenters. The molecular weight excluding hydrogens is 436 g/mol. The lowest BCUT2D eigenvalue weighted by Gasteiger charge is -2.27. The molecule has 2 heterocycles. The van der Waals surface area contributed by atoms with Crippen LogP contribution >= 0.6 is 0 Å². The summed E-state index contributed by atoms with van der Waals surface area (Å²) in [4.78, 5) is 37.1. The van der Waals surface area contributed by atoms with Gasteiger partial charge < -0.3 is 24.7 Å². The zero-order valence-corrected chi connectivity index (χ0v) is 19.3. The number of para-hydroxylation sites is 2. The summed E-state index contributed by atoms with van der Waals surface area (Å²) in [5, 5.41) is 15.2. The van der Waals surface area contributed by atoms with Crippen LogP contribution in [0.15, 0.2) is 24.3 Å². The fourth-order valence-corrected chi connectivity index (χ4v) is 4.63. The van der Waals surface area contributed by atoms with E-state index in [4.69, 9.17) is 9.47 Å². The number of amides is 2. The number of nitriles is 1. The van der Waals surface area contributed by atoms with Gasteiger partial charge in [-0.25, -0.2) is 0 Å². The van der Waals surface area contributed by atoms with E-state index in [1.165, 1.54) is 6.42 Å². The molecule has 2 aliphatic rings. The van der Waals surface area contributed by atoms with E-state index in [1.807, 2.05) is 18.4 Å². The summed E-state index contributed by atoms with van der Waals surface area (Å²) in [5.74, 6) is -0.799. The maximum Gasteiger partial charge on any atom is 0.310 e. The first-order valence-corrected chi connectivity index (χ1v) is 11.5. The van der Waals surface area contributed by atoms with Gasteiger partial charge in [0.1, 0.15) is 17.6 Å². The highest BCUT2D eigenvalue weighted by molar-refractivity contribution is 6.00. The minimum absolute atomic E-state index is 0.220. The van der Waals surface area contributed by atoms with Crippen LogP contribution < -0.4 is 15.4 Å². The average molecular weight is 465 g/mol. The zero-order valence-electron chi connectivity index (χ0n) is 19.3. The molecule has 1 unspecified atom stereocenters. The van der Waals surface area contributed by atoms with E-state index in [-0.39, 0.29) is 12.5 Å². The lowest BCUT2D eigenvalue weighted by molar-refractivity contribution is -0.150. The summed E-state index contributed by atoms with van der Waals surface area (Å²) >= 11 is 0. The SMILES string of the molecule is Cc1c(C#N)c(NC(=O)COC(=O)CC2Oc3ccccc3NC2=O)n(C2CCCCC2)c1C. The lowest BCUT2D eigenvalue weighted by Crippen LogP contribution is -2.39. The van der Waals surface area contributed by atoms with Crippen LogP contribution in [0.3, 0.4) is 0 Å². The molecule has 1 aromatic heterocycles. The smallest absolute Gasteiger partial charge is 0.310 e. The van der Waals surface area contributed by atoms with Crippen molar-refractivity contribution < 1.29 is 23.9 Å². The van der Waals surface area contributed by atoms with Gasteiger partial charge in [0, 0.05) is 11.7 Å². The number of aromatic nitrogens is 1. The molecule has 0 bridgehead atoms. The Labute approximate surface area is 198 Å². The van der Waals surface area contributed by atoms with Crippen molar-refractivity contribution in [3.05, 3.63) is 41.1 Å². The van der Waals surface area contributed by atoms with Crippen molar-refractivity contribution >= 4 is 29.3 Å². The average Bonchev–Trinajstić information content (AvgIpc) is 3.07. The topological polar surface area (TPSA) is 122 Å². The second kappa shape index (κ2) is 10.00. The summed E-state index contributed by atoms with van der Waals surface area (Å²) in [7, 11) is 0. The maximum atomic E-state index is 12.6. The van der Waals surface area contributed by atoms with E-state index in [2.05, 4.69) is 16.7 Å². The highest BCUT2D eigenvalue weighted by atomic mass is 16.5. The predicted molar refractivity (Wildman–Crippen MR) is 124 cm³/mol. The van der Waals surface area contributed by atoms with Crippen LogP contribution in [0.4, 0.5) is 11.5 Å². The van der Waals surface area contributed by atoms with Gasteiger partial charge in [-0.05, 0) is 44.4 Å². The third-order valence-corrected chi connectivity index (χ3v) is 6.49. The molecule has 1 saturated carbocycles. The number of hydrogen-bond acceptors (Lipinski definition) is 6. The number of rotatable bonds is 6. The van der Waals surface area contributed by atoms with Crippen LogP contribution in [0, 0.1) is 25.2 Å². The van der Waals surface area contributed by atoms with Crippen molar-refractivity contribution in [3.63, 3.8) is 0 Å². The number of fused-ring (bicyclic) bond motifs is 1. The Hall–Kier alpha value is -3.80. The van der Waals surface area contributed by atoms with Gasteiger partial charge in [-0.15, -0.1) is 0 Å². The number of benzene rings is 1. The fraction of sp³-hybridized carbons (Fsp3) is 0.440. The van der Waals surface area contributed by atoms with Gasteiger partial charge >= 0.3 is 5.97 Å². The van der Waals surface area contributed by atoms with E-state index >= 15 is 0 Å². The molecule has 1 fully saturated rings. The monoisotopic (exact) mass is 464 g/mol. The van der Waals surface area contributed by atoms with Gasteiger partial charge in [0.15, 0.2) is 12.7 Å². The Kier molecular flexibility index (Phi) is 6.87. The van der Waals surface area contributed by atoms with Crippen LogP contribution in [-0.2, 0) is 19.1 Å². The van der Waals surface area contributed by atoms with Crippen molar-refractivity contribution in [1.82, 2.24) is 4.57 Å². The summed E-state index contributed by atoms with van der Waals surface area (Å²) in [6.45, 7) is 3.30. The van der Waals surface area contributed by atoms with Crippen LogP contribution in [0.5, 0.6) is 5.75 Å². The van der Waals surface area contributed by atoms with Gasteiger partial charge in [-0.2, -0.15) is 5.26 Å². The third-order valence-electron chi connectivity index (χ3n) is 6.49. The summed E-state index contributed by atoms with van der Waals surface area (Å²) < 4.78 is 12.7. The number of nitrogens with zero attached hydrogens (tertiary/aromatic N) is 2. The molecule has 1 aliphatic carbocycles. The quantitative estimate of drug-likeness (QED) is 0.628. The second-order valence-corrected chi connectivity index (χ2v) is 8.71. The van der Waals surface area contributed by atoms with Crippen molar-refractivity contribution in [2.24, 2.45) is 0 Å². The molecule has 4 rings (SSSR count). The molecule has 9 nitrogen and oxygen atoms in total. The van der Waals surface area contributed by atoms with Gasteiger partial charge in [-0.1, -0.05) is 31.4 Å². The molecule has 0 spiro atoms. The van der Waals surface area contributed by atoms with E-state index in [0.717, 1.165) is 36.9 Å². The van der Waals surface area contributed by atoms with Gasteiger partial charge in [0.2, 0.25) is 0 Å². The Morgan fingerprint density at radius 2 is 1.97 bits per heavy atom. The standard InChI is InChI=1S/C25H28N4O5/c1-15-16(2)29(17-8-4-3-5-9-17)24(18(15)13-26)28-22(30)14-33-23(31)12-21-25(32)27-19-10-6-7-11-20(19)34-21/h6-7,10-11,17,21H,3-5,8-9,12,14H2,1-2H3,(H,27,32)(H,28,30). The molecular formula is C25H28N4O5. The molecule has 2 aromatic rings. The molecule has 9 heteroatoms. The van der Waals surface area contributed by atoms with Crippen LogP contribution in [0.25, 0.3) is 0 Å². The number of anilines is 2. The molecule has 1 aromatic carbocycles. The lowest BCUT2D eigenvalue weighted by atomic mass is 9.95. The first-order chi connectivity index (χ1) is 16.4. The van der Waals surface area contributed by atoms with Crippen molar-refractivity contribution in [2.45, 2.75) is 64.5 Å². The Morgan fingerprint density at radius 1 is 1.24 bits per heavy atom. The highest BCUT2D eigenvalue weighted by Crippen LogP contribution is 2.36. The molecule has 2 amide bonds. The van der Waals surface area contributed by atoms with Gasteiger partial charge in [-0.3, -0.25) is 14.4 Å². The number of hydrogen-bond donors (Lipinski definition) is 2. The van der Waals surface area contributed by atoms with Crippen molar-refractivity contribution in [1.29, 1.82) is 5.26 Å². The van der Waals surface area contributed by atoms with E-state index in [9.17, 15) is 19.6 Å². The molecule has 34 heavy (non-hydrogen) atoms. The Morgan fingerprint density at radius 3 is 2.71 bits per heavy atom. The first-order valence-electron chi connectivity index (χ1n) is 11.5. The third kappa shape index (κ3) is 4.76. The summed E-state index contributed by atoms with van der Waals surface area (Å²) in [6, 6.07) is 9.34. The molecule has 1 aliphatic heterocycles. The van der Waals surface area contributed by atoms with Crippen molar-refractivity contribution in [3.8, 4) is 11.8 Å².